The minimum Gasteiger partial charge on any atom is -0.478 e. The summed E-state index contributed by atoms with van der Waals surface area (Å²) >= 11 is 0. The van der Waals surface area contributed by atoms with Gasteiger partial charge in [0.25, 0.3) is 0 Å². The molecule has 0 spiro atoms. The van der Waals surface area contributed by atoms with Crippen LogP contribution < -0.4 is 14.8 Å². The van der Waals surface area contributed by atoms with E-state index in [1.54, 1.807) is 0 Å². The van der Waals surface area contributed by atoms with Gasteiger partial charge >= 0.3 is 0 Å². The van der Waals surface area contributed by atoms with Crippen molar-refractivity contribution in [3.05, 3.63) is 53.6 Å². The van der Waals surface area contributed by atoms with Crippen molar-refractivity contribution >= 4 is 17.3 Å². The molecule has 2 aromatic heterocycles. The van der Waals surface area contributed by atoms with Crippen LogP contribution in [0, 0.1) is 12.8 Å². The SMILES string of the molecule is C=C(C)C1CC(=O)C(C)=C(N2CCC(Oc3cc(Nc4ccc(OCCC)nc4C)ncn3)CC2)C1. The Hall–Kier alpha value is -3.42. The summed E-state index contributed by atoms with van der Waals surface area (Å²) in [5.74, 6) is 2.31. The van der Waals surface area contributed by atoms with Gasteiger partial charge < -0.3 is 19.7 Å². The molecular formula is C28H37N5O3. The quantitative estimate of drug-likeness (QED) is 0.467. The summed E-state index contributed by atoms with van der Waals surface area (Å²) in [5.41, 5.74) is 4.87. The van der Waals surface area contributed by atoms with Crippen molar-refractivity contribution in [2.45, 2.75) is 65.9 Å². The lowest BCUT2D eigenvalue weighted by Gasteiger charge is -2.38. The Morgan fingerprint density at radius 2 is 1.94 bits per heavy atom. The van der Waals surface area contributed by atoms with Crippen molar-refractivity contribution in [3.63, 3.8) is 0 Å². The number of piperidine rings is 1. The molecular weight excluding hydrogens is 454 g/mol. The average molecular weight is 492 g/mol. The maximum Gasteiger partial charge on any atom is 0.218 e. The highest BCUT2D eigenvalue weighted by atomic mass is 16.5. The molecule has 1 saturated heterocycles. The maximum atomic E-state index is 12.5. The summed E-state index contributed by atoms with van der Waals surface area (Å²) in [5, 5.41) is 3.30. The Morgan fingerprint density at radius 1 is 1.17 bits per heavy atom. The molecule has 1 atom stereocenters. The number of ether oxygens (including phenoxy) is 2. The van der Waals surface area contributed by atoms with E-state index >= 15 is 0 Å². The van der Waals surface area contributed by atoms with E-state index in [9.17, 15) is 4.79 Å². The predicted octanol–water partition coefficient (Wildman–Crippen LogP) is 5.38. The molecule has 0 saturated carbocycles. The van der Waals surface area contributed by atoms with Gasteiger partial charge in [0.15, 0.2) is 5.78 Å². The molecule has 1 N–H and O–H groups in total. The van der Waals surface area contributed by atoms with E-state index in [1.165, 1.54) is 12.0 Å². The van der Waals surface area contributed by atoms with Crippen LogP contribution in [0.2, 0.25) is 0 Å². The van der Waals surface area contributed by atoms with E-state index in [0.29, 0.717) is 30.6 Å². The second-order valence-corrected chi connectivity index (χ2v) is 9.75. The lowest BCUT2D eigenvalue weighted by molar-refractivity contribution is -0.116. The number of likely N-dealkylation sites (tertiary alicyclic amines) is 1. The minimum absolute atomic E-state index is 0.0690. The number of Topliss-reactive ketones (excluding diaryl/α,β-unsaturated/α-hetero) is 1. The third kappa shape index (κ3) is 6.22. The monoisotopic (exact) mass is 491 g/mol. The first-order valence-electron chi connectivity index (χ1n) is 12.8. The molecule has 1 aliphatic carbocycles. The van der Waals surface area contributed by atoms with Gasteiger partial charge in [0.2, 0.25) is 11.8 Å². The highest BCUT2D eigenvalue weighted by Gasteiger charge is 2.31. The lowest BCUT2D eigenvalue weighted by atomic mass is 9.82. The summed E-state index contributed by atoms with van der Waals surface area (Å²) < 4.78 is 11.8. The van der Waals surface area contributed by atoms with Crippen LogP contribution in [0.1, 0.15) is 58.6 Å². The number of rotatable bonds is 9. The van der Waals surface area contributed by atoms with Crippen LogP contribution in [0.25, 0.3) is 0 Å². The Morgan fingerprint density at radius 3 is 2.64 bits per heavy atom. The van der Waals surface area contributed by atoms with Crippen molar-refractivity contribution in [1.82, 2.24) is 19.9 Å². The molecule has 8 nitrogen and oxygen atoms in total. The van der Waals surface area contributed by atoms with Crippen LogP contribution in [0.3, 0.4) is 0 Å². The van der Waals surface area contributed by atoms with Crippen molar-refractivity contribution < 1.29 is 14.3 Å². The first-order chi connectivity index (χ1) is 17.3. The van der Waals surface area contributed by atoms with Crippen molar-refractivity contribution in [1.29, 1.82) is 0 Å². The van der Waals surface area contributed by atoms with Crippen molar-refractivity contribution in [2.75, 3.05) is 25.0 Å². The smallest absolute Gasteiger partial charge is 0.218 e. The molecule has 2 aromatic rings. The maximum absolute atomic E-state index is 12.5. The van der Waals surface area contributed by atoms with Crippen LogP contribution in [0.5, 0.6) is 11.8 Å². The van der Waals surface area contributed by atoms with Gasteiger partial charge in [-0.25, -0.2) is 15.0 Å². The minimum atomic E-state index is 0.0690. The van der Waals surface area contributed by atoms with Gasteiger partial charge in [-0.1, -0.05) is 19.1 Å². The Balaban J connectivity index is 1.34. The van der Waals surface area contributed by atoms with E-state index in [4.69, 9.17) is 9.47 Å². The summed E-state index contributed by atoms with van der Waals surface area (Å²) in [6.45, 7) is 14.5. The highest BCUT2D eigenvalue weighted by Crippen LogP contribution is 2.34. The molecule has 8 heteroatoms. The van der Waals surface area contributed by atoms with E-state index in [1.807, 2.05) is 39.0 Å². The number of carbonyl (C=O) groups is 1. The highest BCUT2D eigenvalue weighted by molar-refractivity contribution is 5.96. The van der Waals surface area contributed by atoms with E-state index in [-0.39, 0.29) is 17.8 Å². The second kappa shape index (κ2) is 11.5. The standard InChI is InChI=1S/C28H37N5O3/c1-6-13-35-27-8-7-23(20(5)31-27)32-26-16-28(30-17-29-26)36-22-9-11-33(12-10-22)24-14-21(18(2)3)15-25(34)19(24)4/h7-8,16-17,21-22H,2,6,9-15H2,1,3-5H3,(H,29,30,32). The predicted molar refractivity (Wildman–Crippen MR) is 141 cm³/mol. The third-order valence-electron chi connectivity index (χ3n) is 6.95. The topological polar surface area (TPSA) is 89.5 Å². The van der Waals surface area contributed by atoms with E-state index < -0.39 is 0 Å². The molecule has 1 unspecified atom stereocenters. The van der Waals surface area contributed by atoms with Gasteiger partial charge in [-0.05, 0) is 45.6 Å². The average Bonchev–Trinajstić information content (AvgIpc) is 2.86. The fourth-order valence-corrected chi connectivity index (χ4v) is 4.69. The number of hydrogen-bond acceptors (Lipinski definition) is 8. The normalized spacial score (nSPS) is 18.8. The number of nitrogens with one attached hydrogen (secondary N) is 1. The molecule has 0 radical (unpaired) electrons. The van der Waals surface area contributed by atoms with Crippen LogP contribution in [-0.2, 0) is 4.79 Å². The van der Waals surface area contributed by atoms with Gasteiger partial charge in [0.1, 0.15) is 18.2 Å². The molecule has 4 rings (SSSR count). The third-order valence-corrected chi connectivity index (χ3v) is 6.95. The summed E-state index contributed by atoms with van der Waals surface area (Å²) in [6, 6.07) is 5.61. The molecule has 0 bridgehead atoms. The second-order valence-electron chi connectivity index (χ2n) is 9.75. The van der Waals surface area contributed by atoms with Crippen LogP contribution in [0.15, 0.2) is 47.9 Å². The van der Waals surface area contributed by atoms with Gasteiger partial charge in [-0.3, -0.25) is 4.79 Å². The number of aromatic nitrogens is 3. The zero-order chi connectivity index (χ0) is 25.7. The number of carbonyl (C=O) groups excluding carboxylic acids is 1. The number of allylic oxidation sites excluding steroid dienone is 3. The van der Waals surface area contributed by atoms with Gasteiger partial charge in [0.05, 0.1) is 18.0 Å². The first-order valence-corrected chi connectivity index (χ1v) is 12.8. The van der Waals surface area contributed by atoms with Gasteiger partial charge in [-0.15, -0.1) is 0 Å². The molecule has 192 valence electrons. The Labute approximate surface area is 213 Å². The first kappa shape index (κ1) is 25.7. The molecule has 1 fully saturated rings. The number of aryl methyl sites for hydroxylation is 1. The summed E-state index contributed by atoms with van der Waals surface area (Å²) in [7, 11) is 0. The number of pyridine rings is 1. The van der Waals surface area contributed by atoms with Crippen LogP contribution in [0.4, 0.5) is 11.5 Å². The fraction of sp³-hybridized carbons (Fsp3) is 0.500. The van der Waals surface area contributed by atoms with Gasteiger partial charge in [-0.2, -0.15) is 0 Å². The zero-order valence-corrected chi connectivity index (χ0v) is 21.8. The van der Waals surface area contributed by atoms with E-state index in [2.05, 4.69) is 38.7 Å². The van der Waals surface area contributed by atoms with Crippen LogP contribution >= 0.6 is 0 Å². The number of anilines is 2. The summed E-state index contributed by atoms with van der Waals surface area (Å²) in [4.78, 5) is 28.0. The molecule has 0 amide bonds. The largest absolute Gasteiger partial charge is 0.478 e. The zero-order valence-electron chi connectivity index (χ0n) is 21.8. The molecule has 0 aromatic carbocycles. The molecule has 36 heavy (non-hydrogen) atoms. The van der Waals surface area contributed by atoms with Crippen LogP contribution in [-0.4, -0.2) is 51.4 Å². The lowest BCUT2D eigenvalue weighted by Crippen LogP contribution is -2.40. The number of ketones is 1. The molecule has 2 aliphatic rings. The van der Waals surface area contributed by atoms with E-state index in [0.717, 1.165) is 61.3 Å². The fourth-order valence-electron chi connectivity index (χ4n) is 4.69. The summed E-state index contributed by atoms with van der Waals surface area (Å²) in [6.07, 6.45) is 5.75. The Bertz CT molecular complexity index is 1140. The van der Waals surface area contributed by atoms with Crippen molar-refractivity contribution in [2.24, 2.45) is 5.92 Å². The van der Waals surface area contributed by atoms with Gasteiger partial charge in [0, 0.05) is 55.8 Å². The number of hydrogen-bond donors (Lipinski definition) is 1. The van der Waals surface area contributed by atoms with Crippen molar-refractivity contribution in [3.8, 4) is 11.8 Å². The molecule has 3 heterocycles. The number of nitrogens with zero attached hydrogens (tertiary/aromatic N) is 4. The molecule has 1 aliphatic heterocycles. The Kier molecular flexibility index (Phi) is 8.23.